The Morgan fingerprint density at radius 1 is 1.53 bits per heavy atom. The number of ether oxygens (including phenoxy) is 1. The highest BCUT2D eigenvalue weighted by Crippen LogP contribution is 2.34. The molecule has 0 aliphatic rings. The van der Waals surface area contributed by atoms with Crippen LogP contribution >= 0.6 is 39.7 Å². The molecule has 2 rings (SSSR count). The lowest BCUT2D eigenvalue weighted by molar-refractivity contribution is 0.430. The molecule has 0 aliphatic carbocycles. The monoisotopic (exact) mass is 359 g/mol. The lowest BCUT2D eigenvalue weighted by Gasteiger charge is -2.10. The third-order valence-corrected chi connectivity index (χ3v) is 3.53. The van der Waals surface area contributed by atoms with Crippen molar-refractivity contribution in [2.75, 3.05) is 0 Å². The zero-order valence-corrected chi connectivity index (χ0v) is 13.4. The molecular formula is C12H11BrClN3OS. The Balaban J connectivity index is 2.49. The molecule has 7 heteroatoms. The van der Waals surface area contributed by atoms with Gasteiger partial charge < -0.3 is 10.5 Å². The summed E-state index contributed by atoms with van der Waals surface area (Å²) in [5.41, 5.74) is 7.04. The molecule has 0 fully saturated rings. The number of aryl methyl sites for hydroxylation is 2. The highest BCUT2D eigenvalue weighted by Gasteiger charge is 2.18. The van der Waals surface area contributed by atoms with Crippen LogP contribution in [-0.4, -0.2) is 14.8 Å². The number of nitrogens with two attached hydrogens (primary N) is 1. The van der Waals surface area contributed by atoms with Crippen LogP contribution in [-0.2, 0) is 7.05 Å². The number of hydrogen-bond donors (Lipinski definition) is 1. The Labute approximate surface area is 129 Å². The van der Waals surface area contributed by atoms with E-state index in [-0.39, 0.29) is 4.99 Å². The maximum Gasteiger partial charge on any atom is 0.228 e. The number of hydrogen-bond acceptors (Lipinski definition) is 3. The van der Waals surface area contributed by atoms with Crippen LogP contribution in [0, 0.1) is 6.92 Å². The van der Waals surface area contributed by atoms with Gasteiger partial charge in [0.1, 0.15) is 10.7 Å². The lowest BCUT2D eigenvalue weighted by Crippen LogP contribution is -2.11. The lowest BCUT2D eigenvalue weighted by atomic mass is 10.2. The molecule has 1 aromatic carbocycles. The summed E-state index contributed by atoms with van der Waals surface area (Å²) in [4.78, 5) is 0.242. The van der Waals surface area contributed by atoms with Gasteiger partial charge in [-0.25, -0.2) is 4.68 Å². The van der Waals surface area contributed by atoms with Crippen molar-refractivity contribution in [3.05, 3.63) is 39.0 Å². The van der Waals surface area contributed by atoms with Crippen molar-refractivity contribution in [3.63, 3.8) is 0 Å². The van der Waals surface area contributed by atoms with E-state index in [2.05, 4.69) is 21.0 Å². The Bertz CT molecular complexity index is 657. The van der Waals surface area contributed by atoms with Crippen LogP contribution in [0.25, 0.3) is 0 Å². The minimum atomic E-state index is 0.242. The van der Waals surface area contributed by atoms with Crippen LogP contribution < -0.4 is 10.5 Å². The number of halogens is 2. The molecule has 0 saturated carbocycles. The summed E-state index contributed by atoms with van der Waals surface area (Å²) in [7, 11) is 1.76. The first kappa shape index (κ1) is 14.3. The molecule has 1 aromatic heterocycles. The van der Waals surface area contributed by atoms with Crippen LogP contribution in [0.5, 0.6) is 11.6 Å². The third-order valence-electron chi connectivity index (χ3n) is 2.52. The van der Waals surface area contributed by atoms with E-state index in [9.17, 15) is 0 Å². The van der Waals surface area contributed by atoms with Crippen LogP contribution in [0.1, 0.15) is 11.3 Å². The largest absolute Gasteiger partial charge is 0.437 e. The number of aromatic nitrogens is 2. The van der Waals surface area contributed by atoms with E-state index in [1.54, 1.807) is 23.9 Å². The number of rotatable bonds is 3. The van der Waals surface area contributed by atoms with E-state index in [0.29, 0.717) is 22.2 Å². The quantitative estimate of drug-likeness (QED) is 0.850. The highest BCUT2D eigenvalue weighted by atomic mass is 79.9. The molecule has 4 nitrogen and oxygen atoms in total. The Hall–Kier alpha value is -1.11. The van der Waals surface area contributed by atoms with Crippen molar-refractivity contribution in [2.24, 2.45) is 12.8 Å². The van der Waals surface area contributed by atoms with Gasteiger partial charge in [0.05, 0.1) is 16.3 Å². The molecule has 0 bridgehead atoms. The average Bonchev–Trinajstić information content (AvgIpc) is 2.59. The minimum absolute atomic E-state index is 0.242. The van der Waals surface area contributed by atoms with E-state index in [1.165, 1.54) is 0 Å². The summed E-state index contributed by atoms with van der Waals surface area (Å²) in [5, 5.41) is 4.75. The summed E-state index contributed by atoms with van der Waals surface area (Å²) in [5.74, 6) is 0.988. The van der Waals surface area contributed by atoms with Crippen molar-refractivity contribution in [3.8, 4) is 11.6 Å². The second-order valence-electron chi connectivity index (χ2n) is 3.93. The van der Waals surface area contributed by atoms with E-state index in [1.807, 2.05) is 13.0 Å². The molecule has 2 aromatic rings. The molecule has 1 heterocycles. The second-order valence-corrected chi connectivity index (χ2v) is 5.69. The third kappa shape index (κ3) is 2.91. The van der Waals surface area contributed by atoms with Gasteiger partial charge >= 0.3 is 0 Å². The smallest absolute Gasteiger partial charge is 0.228 e. The number of benzene rings is 1. The molecule has 100 valence electrons. The first-order valence-corrected chi connectivity index (χ1v) is 6.94. The molecule has 0 saturated heterocycles. The molecule has 0 atom stereocenters. The fourth-order valence-corrected chi connectivity index (χ4v) is 2.43. The molecule has 0 amide bonds. The van der Waals surface area contributed by atoms with Crippen LogP contribution in [0.2, 0.25) is 5.02 Å². The Morgan fingerprint density at radius 3 is 2.84 bits per heavy atom. The topological polar surface area (TPSA) is 53.1 Å². The van der Waals surface area contributed by atoms with Gasteiger partial charge in [0.15, 0.2) is 0 Å². The molecule has 0 radical (unpaired) electrons. The maximum absolute atomic E-state index is 6.10. The van der Waals surface area contributed by atoms with Crippen molar-refractivity contribution in [2.45, 2.75) is 6.92 Å². The van der Waals surface area contributed by atoms with Gasteiger partial charge in [0.2, 0.25) is 5.88 Å². The van der Waals surface area contributed by atoms with Gasteiger partial charge in [-0.1, -0.05) is 39.7 Å². The fourth-order valence-electron chi connectivity index (χ4n) is 1.70. The Morgan fingerprint density at radius 2 is 2.21 bits per heavy atom. The average molecular weight is 361 g/mol. The number of nitrogens with zero attached hydrogens (tertiary/aromatic N) is 2. The first-order valence-electron chi connectivity index (χ1n) is 5.36. The van der Waals surface area contributed by atoms with E-state index >= 15 is 0 Å². The van der Waals surface area contributed by atoms with Crippen molar-refractivity contribution in [1.82, 2.24) is 9.78 Å². The normalized spacial score (nSPS) is 10.5. The van der Waals surface area contributed by atoms with Crippen molar-refractivity contribution < 1.29 is 4.74 Å². The summed E-state index contributed by atoms with van der Waals surface area (Å²) >= 11 is 14.5. The van der Waals surface area contributed by atoms with Crippen molar-refractivity contribution in [1.29, 1.82) is 0 Å². The van der Waals surface area contributed by atoms with Crippen LogP contribution in [0.3, 0.4) is 0 Å². The molecule has 19 heavy (non-hydrogen) atoms. The molecule has 0 spiro atoms. The predicted molar refractivity (Wildman–Crippen MR) is 83.1 cm³/mol. The molecular weight excluding hydrogens is 350 g/mol. The van der Waals surface area contributed by atoms with Gasteiger partial charge in [-0.2, -0.15) is 5.10 Å². The SMILES string of the molecule is Cc1nn(C)c(Oc2cc(Br)ccc2Cl)c1C(N)=S. The molecule has 0 aliphatic heterocycles. The number of thiocarbonyl (C=S) groups is 1. The summed E-state index contributed by atoms with van der Waals surface area (Å²) in [6, 6.07) is 5.34. The van der Waals surface area contributed by atoms with Gasteiger partial charge in [-0.15, -0.1) is 0 Å². The predicted octanol–water partition coefficient (Wildman–Crippen LogP) is 3.57. The van der Waals surface area contributed by atoms with Crippen molar-refractivity contribution >= 4 is 44.7 Å². The summed E-state index contributed by atoms with van der Waals surface area (Å²) in [6.45, 7) is 1.82. The second kappa shape index (κ2) is 5.48. The van der Waals surface area contributed by atoms with Gasteiger partial charge in [0, 0.05) is 11.5 Å². The van der Waals surface area contributed by atoms with Crippen LogP contribution in [0.15, 0.2) is 22.7 Å². The summed E-state index contributed by atoms with van der Waals surface area (Å²) in [6.07, 6.45) is 0. The summed E-state index contributed by atoms with van der Waals surface area (Å²) < 4.78 is 8.25. The van der Waals surface area contributed by atoms with E-state index < -0.39 is 0 Å². The van der Waals surface area contributed by atoms with E-state index in [0.717, 1.165) is 10.2 Å². The molecule has 0 unspecified atom stereocenters. The van der Waals surface area contributed by atoms with Gasteiger partial charge in [-0.3, -0.25) is 0 Å². The molecule has 2 N–H and O–H groups in total. The zero-order valence-electron chi connectivity index (χ0n) is 10.3. The van der Waals surface area contributed by atoms with Crippen LogP contribution in [0.4, 0.5) is 0 Å². The first-order chi connectivity index (χ1) is 8.90. The minimum Gasteiger partial charge on any atom is -0.437 e. The van der Waals surface area contributed by atoms with Gasteiger partial charge in [0.25, 0.3) is 0 Å². The standard InChI is InChI=1S/C12H11BrClN3OS/c1-6-10(11(15)19)12(17(2)16-6)18-9-5-7(13)3-4-8(9)14/h3-5H,1-2H3,(H2,15,19). The zero-order chi connectivity index (χ0) is 14.2. The van der Waals surface area contributed by atoms with Gasteiger partial charge in [-0.05, 0) is 25.1 Å². The highest BCUT2D eigenvalue weighted by molar-refractivity contribution is 9.10. The maximum atomic E-state index is 6.10. The van der Waals surface area contributed by atoms with E-state index in [4.69, 9.17) is 34.3 Å². The fraction of sp³-hybridized carbons (Fsp3) is 0.167. The Kier molecular flexibility index (Phi) is 4.13.